The van der Waals surface area contributed by atoms with Crippen LogP contribution < -0.4 is 10.1 Å². The van der Waals surface area contributed by atoms with Crippen molar-refractivity contribution in [1.29, 1.82) is 0 Å². The second-order valence-electron chi connectivity index (χ2n) is 5.62. The van der Waals surface area contributed by atoms with E-state index in [0.29, 0.717) is 6.61 Å². The number of nitrogens with one attached hydrogen (secondary N) is 1. The molecule has 25 heavy (non-hydrogen) atoms. The summed E-state index contributed by atoms with van der Waals surface area (Å²) in [6.45, 7) is 5.61. The van der Waals surface area contributed by atoms with E-state index < -0.39 is 0 Å². The molecule has 0 atom stereocenters. The molecule has 1 aromatic carbocycles. The second-order valence-corrected chi connectivity index (χ2v) is 7.44. The second kappa shape index (κ2) is 8.45. The van der Waals surface area contributed by atoms with Crippen LogP contribution >= 0.6 is 27.3 Å². The summed E-state index contributed by atoms with van der Waals surface area (Å²) in [6.07, 6.45) is 2.55. The molecule has 1 N–H and O–H groups in total. The molecule has 0 aliphatic carbocycles. The van der Waals surface area contributed by atoms with E-state index in [1.165, 1.54) is 11.1 Å². The molecule has 0 aliphatic rings. The number of aromatic nitrogens is 2. The molecule has 0 unspecified atom stereocenters. The summed E-state index contributed by atoms with van der Waals surface area (Å²) >= 11 is 5.13. The first-order valence-corrected chi connectivity index (χ1v) is 9.85. The van der Waals surface area contributed by atoms with Crippen molar-refractivity contribution in [1.82, 2.24) is 9.97 Å². The fourth-order valence-electron chi connectivity index (χ4n) is 2.55. The summed E-state index contributed by atoms with van der Waals surface area (Å²) in [6, 6.07) is 10.4. The summed E-state index contributed by atoms with van der Waals surface area (Å²) in [5, 5.41) is 5.39. The first-order chi connectivity index (χ1) is 12.2. The Morgan fingerprint density at radius 2 is 2.08 bits per heavy atom. The Labute approximate surface area is 160 Å². The van der Waals surface area contributed by atoms with Crippen LogP contribution in [-0.4, -0.2) is 23.1 Å². The van der Waals surface area contributed by atoms with Gasteiger partial charge in [-0.2, -0.15) is 0 Å². The monoisotopic (exact) mass is 417 g/mol. The molecule has 0 saturated carbocycles. The number of halogens is 1. The van der Waals surface area contributed by atoms with Gasteiger partial charge < -0.3 is 10.1 Å². The highest BCUT2D eigenvalue weighted by Crippen LogP contribution is 2.30. The lowest BCUT2D eigenvalue weighted by Crippen LogP contribution is -2.07. The van der Waals surface area contributed by atoms with E-state index in [2.05, 4.69) is 56.3 Å². The lowest BCUT2D eigenvalue weighted by atomic mass is 10.1. The van der Waals surface area contributed by atoms with Crippen molar-refractivity contribution in [3.63, 3.8) is 0 Å². The van der Waals surface area contributed by atoms with Crippen molar-refractivity contribution < 1.29 is 4.74 Å². The fourth-order valence-corrected chi connectivity index (χ4v) is 3.82. The number of nitrogens with zero attached hydrogens (tertiary/aromatic N) is 2. The largest absolute Gasteiger partial charge is 0.493 e. The maximum absolute atomic E-state index is 5.52. The number of hydrogen-bond acceptors (Lipinski definition) is 5. The zero-order chi connectivity index (χ0) is 17.6. The van der Waals surface area contributed by atoms with Gasteiger partial charge >= 0.3 is 0 Å². The summed E-state index contributed by atoms with van der Waals surface area (Å²) < 4.78 is 6.64. The van der Waals surface area contributed by atoms with Gasteiger partial charge in [0.2, 0.25) is 0 Å². The SMILES string of the molecule is CCOc1csc(-c2cc(NCCc3ccc(Br)cc3C)ncn2)c1. The first-order valence-electron chi connectivity index (χ1n) is 8.18. The number of ether oxygens (including phenoxy) is 1. The third-order valence-corrected chi connectivity index (χ3v) is 5.24. The molecule has 0 radical (unpaired) electrons. The lowest BCUT2D eigenvalue weighted by molar-refractivity contribution is 0.342. The zero-order valence-electron chi connectivity index (χ0n) is 14.3. The van der Waals surface area contributed by atoms with Gasteiger partial charge in [0.25, 0.3) is 0 Å². The van der Waals surface area contributed by atoms with Gasteiger partial charge in [-0.1, -0.05) is 22.0 Å². The number of hydrogen-bond donors (Lipinski definition) is 1. The van der Waals surface area contributed by atoms with Crippen molar-refractivity contribution >= 4 is 33.1 Å². The molecule has 0 spiro atoms. The molecule has 0 aliphatic heterocycles. The number of rotatable bonds is 7. The predicted molar refractivity (Wildman–Crippen MR) is 108 cm³/mol. The van der Waals surface area contributed by atoms with Crippen LogP contribution in [0.2, 0.25) is 0 Å². The van der Waals surface area contributed by atoms with E-state index in [1.807, 2.05) is 24.4 Å². The minimum absolute atomic E-state index is 0.669. The van der Waals surface area contributed by atoms with E-state index in [-0.39, 0.29) is 0 Å². The number of thiophene rings is 1. The first kappa shape index (κ1) is 17.9. The topological polar surface area (TPSA) is 47.0 Å². The van der Waals surface area contributed by atoms with Gasteiger partial charge in [0, 0.05) is 28.5 Å². The Hall–Kier alpha value is -1.92. The summed E-state index contributed by atoms with van der Waals surface area (Å²) in [5.74, 6) is 1.73. The van der Waals surface area contributed by atoms with Crippen molar-refractivity contribution in [2.75, 3.05) is 18.5 Å². The lowest BCUT2D eigenvalue weighted by Gasteiger charge is -2.09. The Bertz CT molecular complexity index is 850. The molecule has 0 saturated heterocycles. The van der Waals surface area contributed by atoms with Crippen LogP contribution in [0.15, 0.2) is 46.5 Å². The molecular formula is C19H20BrN3OS. The van der Waals surface area contributed by atoms with Gasteiger partial charge in [0.1, 0.15) is 17.9 Å². The fraction of sp³-hybridized carbons (Fsp3) is 0.263. The van der Waals surface area contributed by atoms with E-state index in [0.717, 1.165) is 39.6 Å². The van der Waals surface area contributed by atoms with Crippen molar-refractivity contribution in [3.8, 4) is 16.3 Å². The molecule has 2 aromatic heterocycles. The number of aryl methyl sites for hydroxylation is 1. The minimum atomic E-state index is 0.669. The molecule has 0 amide bonds. The molecular weight excluding hydrogens is 398 g/mol. The Kier molecular flexibility index (Phi) is 6.04. The molecule has 4 nitrogen and oxygen atoms in total. The maximum Gasteiger partial charge on any atom is 0.130 e. The third kappa shape index (κ3) is 4.80. The predicted octanol–water partition coefficient (Wildman–Crippen LogP) is 5.33. The smallest absolute Gasteiger partial charge is 0.130 e. The van der Waals surface area contributed by atoms with E-state index >= 15 is 0 Å². The number of benzene rings is 1. The Balaban J connectivity index is 1.63. The van der Waals surface area contributed by atoms with Crippen molar-refractivity contribution in [2.45, 2.75) is 20.3 Å². The average Bonchev–Trinajstić information content (AvgIpc) is 3.06. The Morgan fingerprint density at radius 1 is 1.20 bits per heavy atom. The van der Waals surface area contributed by atoms with Crippen molar-refractivity contribution in [3.05, 3.63) is 57.6 Å². The quantitative estimate of drug-likeness (QED) is 0.564. The molecule has 3 aromatic rings. The van der Waals surface area contributed by atoms with Crippen LogP contribution in [0.5, 0.6) is 5.75 Å². The van der Waals surface area contributed by atoms with Crippen LogP contribution in [0.25, 0.3) is 10.6 Å². The van der Waals surface area contributed by atoms with Gasteiger partial charge in [0.15, 0.2) is 0 Å². The average molecular weight is 418 g/mol. The molecule has 0 fully saturated rings. The number of anilines is 1. The van der Waals surface area contributed by atoms with Gasteiger partial charge in [0.05, 0.1) is 17.2 Å². The summed E-state index contributed by atoms with van der Waals surface area (Å²) in [7, 11) is 0. The van der Waals surface area contributed by atoms with Crippen LogP contribution in [0, 0.1) is 6.92 Å². The summed E-state index contributed by atoms with van der Waals surface area (Å²) in [5.41, 5.74) is 3.54. The highest BCUT2D eigenvalue weighted by atomic mass is 79.9. The third-order valence-electron chi connectivity index (χ3n) is 3.81. The van der Waals surface area contributed by atoms with Crippen LogP contribution in [0.3, 0.4) is 0 Å². The highest BCUT2D eigenvalue weighted by Gasteiger charge is 2.07. The molecule has 130 valence electrons. The van der Waals surface area contributed by atoms with E-state index in [4.69, 9.17) is 4.74 Å². The van der Waals surface area contributed by atoms with Crippen LogP contribution in [0.1, 0.15) is 18.1 Å². The van der Waals surface area contributed by atoms with Gasteiger partial charge in [-0.05, 0) is 43.5 Å². The van der Waals surface area contributed by atoms with Gasteiger partial charge in [-0.15, -0.1) is 11.3 Å². The maximum atomic E-state index is 5.52. The van der Waals surface area contributed by atoms with Crippen LogP contribution in [-0.2, 0) is 6.42 Å². The Morgan fingerprint density at radius 3 is 2.88 bits per heavy atom. The molecule has 0 bridgehead atoms. The minimum Gasteiger partial charge on any atom is -0.493 e. The normalized spacial score (nSPS) is 10.7. The van der Waals surface area contributed by atoms with Gasteiger partial charge in [-0.25, -0.2) is 9.97 Å². The van der Waals surface area contributed by atoms with Gasteiger partial charge in [-0.3, -0.25) is 0 Å². The highest BCUT2D eigenvalue weighted by molar-refractivity contribution is 9.10. The van der Waals surface area contributed by atoms with Crippen molar-refractivity contribution in [2.24, 2.45) is 0 Å². The molecule has 2 heterocycles. The molecule has 3 rings (SSSR count). The van der Waals surface area contributed by atoms with E-state index in [1.54, 1.807) is 17.7 Å². The zero-order valence-corrected chi connectivity index (χ0v) is 16.7. The summed E-state index contributed by atoms with van der Waals surface area (Å²) in [4.78, 5) is 9.77. The standard InChI is InChI=1S/C19H20BrN3OS/c1-3-24-16-9-18(25-11-16)17-10-19(23-12-22-17)21-7-6-14-4-5-15(20)8-13(14)2/h4-5,8-12H,3,6-7H2,1-2H3,(H,21,22,23). The van der Waals surface area contributed by atoms with E-state index in [9.17, 15) is 0 Å². The molecule has 6 heteroatoms. The van der Waals surface area contributed by atoms with Crippen LogP contribution in [0.4, 0.5) is 5.82 Å².